The average molecular weight is 311 g/mol. The molecular formula is C18H17NO4. The Morgan fingerprint density at radius 1 is 1.13 bits per heavy atom. The molecule has 5 heteroatoms. The number of esters is 1. The molecule has 2 fully saturated rings. The molecule has 23 heavy (non-hydrogen) atoms. The number of amides is 2. The third kappa shape index (κ3) is 1.89. The van der Waals surface area contributed by atoms with Gasteiger partial charge in [-0.05, 0) is 37.3 Å². The van der Waals surface area contributed by atoms with Gasteiger partial charge in [-0.2, -0.15) is 0 Å². The summed E-state index contributed by atoms with van der Waals surface area (Å²) in [5.41, 5.74) is 0.603. The van der Waals surface area contributed by atoms with E-state index in [1.165, 1.54) is 4.90 Å². The highest BCUT2D eigenvalue weighted by Crippen LogP contribution is 2.53. The first-order chi connectivity index (χ1) is 11.1. The van der Waals surface area contributed by atoms with E-state index >= 15 is 0 Å². The van der Waals surface area contributed by atoms with E-state index < -0.39 is 5.97 Å². The predicted molar refractivity (Wildman–Crippen MR) is 82.6 cm³/mol. The number of benzene rings is 1. The highest BCUT2D eigenvalue weighted by Gasteiger charge is 2.59. The minimum atomic E-state index is -0.512. The van der Waals surface area contributed by atoms with Gasteiger partial charge in [0.05, 0.1) is 29.7 Å². The van der Waals surface area contributed by atoms with E-state index in [9.17, 15) is 14.4 Å². The quantitative estimate of drug-likeness (QED) is 0.487. The number of allylic oxidation sites excluding steroid dienone is 2. The Balaban J connectivity index is 1.74. The number of rotatable bonds is 3. The first-order valence-electron chi connectivity index (χ1n) is 7.95. The van der Waals surface area contributed by atoms with E-state index in [0.29, 0.717) is 5.69 Å². The van der Waals surface area contributed by atoms with Gasteiger partial charge in [0, 0.05) is 0 Å². The molecule has 0 unspecified atom stereocenters. The van der Waals surface area contributed by atoms with Crippen molar-refractivity contribution in [3.05, 3.63) is 42.0 Å². The zero-order valence-corrected chi connectivity index (χ0v) is 12.8. The Morgan fingerprint density at radius 3 is 2.35 bits per heavy atom. The first-order valence-corrected chi connectivity index (χ1v) is 7.95. The summed E-state index contributed by atoms with van der Waals surface area (Å²) in [6.45, 7) is 1.97. The number of para-hydroxylation sites is 1. The SMILES string of the molecule is CCOC(=O)c1ccccc1N1C(=O)[C@@H]2[C@@H](C1=O)[C@H]1C=C[C@@H]2C1. The number of hydrogen-bond acceptors (Lipinski definition) is 4. The van der Waals surface area contributed by atoms with Gasteiger partial charge in [0.15, 0.2) is 0 Å². The Bertz CT molecular complexity index is 708. The number of anilines is 1. The number of carbonyl (C=O) groups excluding carboxylic acids is 3. The summed E-state index contributed by atoms with van der Waals surface area (Å²) in [6.07, 6.45) is 5.00. The second-order valence-corrected chi connectivity index (χ2v) is 6.25. The van der Waals surface area contributed by atoms with E-state index in [1.807, 2.05) is 0 Å². The van der Waals surface area contributed by atoms with Gasteiger partial charge in [0.1, 0.15) is 0 Å². The van der Waals surface area contributed by atoms with Gasteiger partial charge in [0.25, 0.3) is 0 Å². The first kappa shape index (κ1) is 14.2. The van der Waals surface area contributed by atoms with Crippen LogP contribution in [0.5, 0.6) is 0 Å². The van der Waals surface area contributed by atoms with Crippen LogP contribution in [-0.2, 0) is 14.3 Å². The topological polar surface area (TPSA) is 63.7 Å². The molecule has 3 aliphatic rings. The molecule has 0 aromatic heterocycles. The van der Waals surface area contributed by atoms with Crippen LogP contribution in [0, 0.1) is 23.7 Å². The minimum Gasteiger partial charge on any atom is -0.462 e. The molecule has 2 amide bonds. The molecule has 4 atom stereocenters. The van der Waals surface area contributed by atoms with Crippen molar-refractivity contribution < 1.29 is 19.1 Å². The molecular weight excluding hydrogens is 294 g/mol. The van der Waals surface area contributed by atoms with Crippen LogP contribution in [0.25, 0.3) is 0 Å². The van der Waals surface area contributed by atoms with Crippen LogP contribution in [0.3, 0.4) is 0 Å². The number of hydrogen-bond donors (Lipinski definition) is 0. The van der Waals surface area contributed by atoms with E-state index in [0.717, 1.165) is 6.42 Å². The Labute approximate surface area is 133 Å². The molecule has 2 aliphatic carbocycles. The third-order valence-corrected chi connectivity index (χ3v) is 5.11. The molecule has 118 valence electrons. The molecule has 0 radical (unpaired) electrons. The van der Waals surface area contributed by atoms with Crippen LogP contribution in [0.4, 0.5) is 5.69 Å². The maximum Gasteiger partial charge on any atom is 0.340 e. The van der Waals surface area contributed by atoms with E-state index in [1.54, 1.807) is 31.2 Å². The molecule has 0 spiro atoms. The van der Waals surface area contributed by atoms with Crippen LogP contribution in [0.15, 0.2) is 36.4 Å². The smallest absolute Gasteiger partial charge is 0.340 e. The Kier molecular flexibility index (Phi) is 3.11. The number of carbonyl (C=O) groups is 3. The van der Waals surface area contributed by atoms with Gasteiger partial charge in [-0.3, -0.25) is 9.59 Å². The second-order valence-electron chi connectivity index (χ2n) is 6.25. The van der Waals surface area contributed by atoms with E-state index in [4.69, 9.17) is 4.74 Å². The second kappa shape index (κ2) is 5.05. The highest BCUT2D eigenvalue weighted by molar-refractivity contribution is 6.24. The number of fused-ring (bicyclic) bond motifs is 5. The molecule has 1 aromatic carbocycles. The Morgan fingerprint density at radius 2 is 1.74 bits per heavy atom. The summed E-state index contributed by atoms with van der Waals surface area (Å²) in [7, 11) is 0. The molecule has 0 N–H and O–H groups in total. The van der Waals surface area contributed by atoms with Crippen LogP contribution >= 0.6 is 0 Å². The van der Waals surface area contributed by atoms with Gasteiger partial charge in [-0.25, -0.2) is 9.69 Å². The molecule has 1 aromatic rings. The fraction of sp³-hybridized carbons (Fsp3) is 0.389. The van der Waals surface area contributed by atoms with Crippen molar-refractivity contribution in [2.24, 2.45) is 23.7 Å². The largest absolute Gasteiger partial charge is 0.462 e. The van der Waals surface area contributed by atoms with E-state index in [-0.39, 0.29) is 47.7 Å². The van der Waals surface area contributed by atoms with Crippen molar-refractivity contribution in [2.75, 3.05) is 11.5 Å². The van der Waals surface area contributed by atoms with Crippen molar-refractivity contribution in [1.82, 2.24) is 0 Å². The zero-order valence-electron chi connectivity index (χ0n) is 12.8. The van der Waals surface area contributed by atoms with Crippen molar-refractivity contribution in [3.63, 3.8) is 0 Å². The summed E-state index contributed by atoms with van der Waals surface area (Å²) >= 11 is 0. The van der Waals surface area contributed by atoms with Gasteiger partial charge in [-0.15, -0.1) is 0 Å². The molecule has 5 nitrogen and oxygen atoms in total. The lowest BCUT2D eigenvalue weighted by atomic mass is 9.85. The number of ether oxygens (including phenoxy) is 1. The standard InChI is InChI=1S/C18H17NO4/c1-2-23-18(22)12-5-3-4-6-13(12)19-16(20)14-10-7-8-11(9-10)15(14)17(19)21/h3-8,10-11,14-15H,2,9H2,1H3/t10-,11+,14-,15-/m0/s1. The predicted octanol–water partition coefficient (Wildman–Crippen LogP) is 2.17. The summed E-state index contributed by atoms with van der Waals surface area (Å²) in [5.74, 6) is -1.12. The van der Waals surface area contributed by atoms with Crippen molar-refractivity contribution in [1.29, 1.82) is 0 Å². The van der Waals surface area contributed by atoms with Gasteiger partial charge < -0.3 is 4.74 Å². The fourth-order valence-electron chi connectivity index (χ4n) is 4.19. The molecule has 1 aliphatic heterocycles. The minimum absolute atomic E-state index is 0.154. The van der Waals surface area contributed by atoms with Gasteiger partial charge in [0.2, 0.25) is 11.8 Å². The van der Waals surface area contributed by atoms with Crippen LogP contribution in [0.1, 0.15) is 23.7 Å². The highest BCUT2D eigenvalue weighted by atomic mass is 16.5. The lowest BCUT2D eigenvalue weighted by molar-refractivity contribution is -0.123. The van der Waals surface area contributed by atoms with Gasteiger partial charge in [-0.1, -0.05) is 24.3 Å². The lowest BCUT2D eigenvalue weighted by Gasteiger charge is -2.19. The van der Waals surface area contributed by atoms with Crippen LogP contribution in [-0.4, -0.2) is 24.4 Å². The molecule has 1 saturated carbocycles. The number of nitrogens with zero attached hydrogens (tertiary/aromatic N) is 1. The third-order valence-electron chi connectivity index (χ3n) is 5.11. The fourth-order valence-corrected chi connectivity index (χ4v) is 4.19. The van der Waals surface area contributed by atoms with E-state index in [2.05, 4.69) is 12.2 Å². The lowest BCUT2D eigenvalue weighted by Crippen LogP contribution is -2.34. The molecule has 4 rings (SSSR count). The normalized spacial score (nSPS) is 30.9. The van der Waals surface area contributed by atoms with Crippen molar-refractivity contribution in [3.8, 4) is 0 Å². The Hall–Kier alpha value is -2.43. The van der Waals surface area contributed by atoms with Gasteiger partial charge >= 0.3 is 5.97 Å². The van der Waals surface area contributed by atoms with Crippen LogP contribution < -0.4 is 4.90 Å². The monoisotopic (exact) mass is 311 g/mol. The summed E-state index contributed by atoms with van der Waals surface area (Å²) in [6, 6.07) is 6.65. The maximum atomic E-state index is 12.8. The molecule has 1 heterocycles. The average Bonchev–Trinajstić information content (AvgIpc) is 3.22. The van der Waals surface area contributed by atoms with Crippen molar-refractivity contribution >= 4 is 23.5 Å². The number of imide groups is 1. The molecule has 2 bridgehead atoms. The van der Waals surface area contributed by atoms with Crippen LogP contribution in [0.2, 0.25) is 0 Å². The maximum absolute atomic E-state index is 12.8. The zero-order chi connectivity index (χ0) is 16.1. The summed E-state index contributed by atoms with van der Waals surface area (Å²) < 4.78 is 5.05. The van der Waals surface area contributed by atoms with Crippen molar-refractivity contribution in [2.45, 2.75) is 13.3 Å². The summed E-state index contributed by atoms with van der Waals surface area (Å²) in [4.78, 5) is 39.0. The molecule has 1 saturated heterocycles. The summed E-state index contributed by atoms with van der Waals surface area (Å²) in [5, 5.41) is 0.